The van der Waals surface area contributed by atoms with E-state index in [1.54, 1.807) is 23.9 Å². The quantitative estimate of drug-likeness (QED) is 0.337. The van der Waals surface area contributed by atoms with Crippen LogP contribution in [0, 0.1) is 10.1 Å². The van der Waals surface area contributed by atoms with E-state index in [4.69, 9.17) is 9.47 Å². The zero-order valence-corrected chi connectivity index (χ0v) is 12.3. The molecule has 2 aromatic rings. The third kappa shape index (κ3) is 4.39. The van der Waals surface area contributed by atoms with Crippen LogP contribution in [-0.4, -0.2) is 24.4 Å². The topological polar surface area (TPSA) is 61.6 Å². The van der Waals surface area contributed by atoms with Gasteiger partial charge in [0, 0.05) is 10.6 Å². The van der Waals surface area contributed by atoms with Gasteiger partial charge in [0.05, 0.1) is 24.7 Å². The fraction of sp³-hybridized carbons (Fsp3) is 0.200. The molecule has 2 aromatic carbocycles. The van der Waals surface area contributed by atoms with Crippen molar-refractivity contribution in [1.82, 2.24) is 0 Å². The number of ether oxygens (including phenoxy) is 2. The van der Waals surface area contributed by atoms with Gasteiger partial charge in [-0.15, -0.1) is 11.8 Å². The standard InChI is InChI=1S/C15H15NO4S/c1-19-12-7-8-15(14(11-12)16(17)18)20-9-10-21-13-5-3-2-4-6-13/h2-8,11H,9-10H2,1H3. The second-order valence-electron chi connectivity index (χ2n) is 4.10. The van der Waals surface area contributed by atoms with Gasteiger partial charge >= 0.3 is 5.69 Å². The molecule has 0 aliphatic heterocycles. The molecule has 21 heavy (non-hydrogen) atoms. The Kier molecular flexibility index (Phi) is 5.45. The van der Waals surface area contributed by atoms with Crippen LogP contribution >= 0.6 is 11.8 Å². The summed E-state index contributed by atoms with van der Waals surface area (Å²) >= 11 is 1.64. The second-order valence-corrected chi connectivity index (χ2v) is 5.27. The summed E-state index contributed by atoms with van der Waals surface area (Å²) in [6.07, 6.45) is 0. The van der Waals surface area contributed by atoms with Crippen molar-refractivity contribution in [2.75, 3.05) is 19.5 Å². The lowest BCUT2D eigenvalue weighted by Gasteiger charge is -2.08. The fourth-order valence-corrected chi connectivity index (χ4v) is 2.47. The number of hydrogen-bond donors (Lipinski definition) is 0. The van der Waals surface area contributed by atoms with E-state index in [0.717, 1.165) is 4.90 Å². The highest BCUT2D eigenvalue weighted by atomic mass is 32.2. The summed E-state index contributed by atoms with van der Waals surface area (Å²) in [5.74, 6) is 1.41. The molecule has 0 saturated heterocycles. The average molecular weight is 305 g/mol. The maximum absolute atomic E-state index is 11.0. The van der Waals surface area contributed by atoms with Crippen LogP contribution in [0.4, 0.5) is 5.69 Å². The summed E-state index contributed by atoms with van der Waals surface area (Å²) in [6.45, 7) is 0.396. The van der Waals surface area contributed by atoms with E-state index in [2.05, 4.69) is 0 Å². The molecule has 0 unspecified atom stereocenters. The van der Waals surface area contributed by atoms with Gasteiger partial charge in [-0.3, -0.25) is 10.1 Å². The lowest BCUT2D eigenvalue weighted by atomic mass is 10.3. The molecule has 5 nitrogen and oxygen atoms in total. The Balaban J connectivity index is 1.92. The number of nitrogens with zero attached hydrogens (tertiary/aromatic N) is 1. The largest absolute Gasteiger partial charge is 0.496 e. The molecular formula is C15H15NO4S. The summed E-state index contributed by atoms with van der Waals surface area (Å²) in [6, 6.07) is 14.5. The van der Waals surface area contributed by atoms with Crippen LogP contribution in [0.15, 0.2) is 53.4 Å². The van der Waals surface area contributed by atoms with Crippen molar-refractivity contribution in [3.05, 3.63) is 58.6 Å². The Hall–Kier alpha value is -2.21. The van der Waals surface area contributed by atoms with Crippen LogP contribution in [-0.2, 0) is 0 Å². The zero-order chi connectivity index (χ0) is 15.1. The third-order valence-corrected chi connectivity index (χ3v) is 3.69. The number of hydrogen-bond acceptors (Lipinski definition) is 5. The molecule has 0 fully saturated rings. The van der Waals surface area contributed by atoms with Gasteiger partial charge in [0.2, 0.25) is 0 Å². The molecular weight excluding hydrogens is 290 g/mol. The van der Waals surface area contributed by atoms with E-state index in [1.807, 2.05) is 30.3 Å². The predicted octanol–water partition coefficient (Wildman–Crippen LogP) is 3.77. The SMILES string of the molecule is COc1ccc(OCCSc2ccccc2)c([N+](=O)[O-])c1. The Morgan fingerprint density at radius 2 is 1.95 bits per heavy atom. The fourth-order valence-electron chi connectivity index (χ4n) is 1.72. The smallest absolute Gasteiger partial charge is 0.314 e. The van der Waals surface area contributed by atoms with Crippen LogP contribution in [0.1, 0.15) is 0 Å². The first-order valence-electron chi connectivity index (χ1n) is 6.34. The summed E-state index contributed by atoms with van der Waals surface area (Å²) in [5, 5.41) is 11.0. The minimum Gasteiger partial charge on any atom is -0.496 e. The Morgan fingerprint density at radius 3 is 2.62 bits per heavy atom. The van der Waals surface area contributed by atoms with E-state index < -0.39 is 4.92 Å². The summed E-state index contributed by atoms with van der Waals surface area (Å²) in [4.78, 5) is 11.7. The molecule has 0 aromatic heterocycles. The van der Waals surface area contributed by atoms with Crippen LogP contribution < -0.4 is 9.47 Å². The highest BCUT2D eigenvalue weighted by molar-refractivity contribution is 7.99. The molecule has 0 heterocycles. The summed E-state index contributed by atoms with van der Waals surface area (Å²) < 4.78 is 10.5. The maximum Gasteiger partial charge on any atom is 0.314 e. The molecule has 0 radical (unpaired) electrons. The number of benzene rings is 2. The number of nitro groups is 1. The zero-order valence-electron chi connectivity index (χ0n) is 11.5. The van der Waals surface area contributed by atoms with E-state index in [9.17, 15) is 10.1 Å². The Bertz CT molecular complexity index is 604. The molecule has 2 rings (SSSR count). The van der Waals surface area contributed by atoms with Crippen molar-refractivity contribution >= 4 is 17.4 Å². The van der Waals surface area contributed by atoms with Gasteiger partial charge < -0.3 is 9.47 Å². The van der Waals surface area contributed by atoms with Crippen molar-refractivity contribution in [3.8, 4) is 11.5 Å². The average Bonchev–Trinajstić information content (AvgIpc) is 2.52. The van der Waals surface area contributed by atoms with Gasteiger partial charge in [-0.25, -0.2) is 0 Å². The first-order valence-corrected chi connectivity index (χ1v) is 7.32. The molecule has 0 spiro atoms. The first kappa shape index (κ1) is 15.2. The molecule has 0 N–H and O–H groups in total. The number of methoxy groups -OCH3 is 1. The van der Waals surface area contributed by atoms with Gasteiger partial charge in [-0.1, -0.05) is 18.2 Å². The normalized spacial score (nSPS) is 10.1. The van der Waals surface area contributed by atoms with Gasteiger partial charge in [-0.2, -0.15) is 0 Å². The summed E-state index contributed by atoms with van der Waals surface area (Å²) in [5.41, 5.74) is -0.0842. The minimum absolute atomic E-state index is 0.0842. The molecule has 0 bridgehead atoms. The minimum atomic E-state index is -0.470. The first-order chi connectivity index (χ1) is 10.2. The highest BCUT2D eigenvalue weighted by Crippen LogP contribution is 2.31. The van der Waals surface area contributed by atoms with E-state index in [-0.39, 0.29) is 11.4 Å². The predicted molar refractivity (Wildman–Crippen MR) is 82.3 cm³/mol. The van der Waals surface area contributed by atoms with Crippen molar-refractivity contribution in [2.45, 2.75) is 4.90 Å². The number of nitro benzene ring substituents is 1. The monoisotopic (exact) mass is 305 g/mol. The van der Waals surface area contributed by atoms with E-state index in [0.29, 0.717) is 18.1 Å². The molecule has 0 atom stereocenters. The molecule has 110 valence electrons. The van der Waals surface area contributed by atoms with Crippen LogP contribution in [0.5, 0.6) is 11.5 Å². The summed E-state index contributed by atoms with van der Waals surface area (Å²) in [7, 11) is 1.47. The lowest BCUT2D eigenvalue weighted by Crippen LogP contribution is -2.03. The maximum atomic E-state index is 11.0. The van der Waals surface area contributed by atoms with Gasteiger partial charge in [0.15, 0.2) is 5.75 Å². The van der Waals surface area contributed by atoms with Crippen LogP contribution in [0.25, 0.3) is 0 Å². The van der Waals surface area contributed by atoms with Crippen LogP contribution in [0.3, 0.4) is 0 Å². The van der Waals surface area contributed by atoms with Crippen molar-refractivity contribution < 1.29 is 14.4 Å². The number of thioether (sulfide) groups is 1. The van der Waals surface area contributed by atoms with Gasteiger partial charge in [0.25, 0.3) is 0 Å². The second kappa shape index (κ2) is 7.54. The molecule has 0 aliphatic rings. The third-order valence-electron chi connectivity index (χ3n) is 2.72. The highest BCUT2D eigenvalue weighted by Gasteiger charge is 2.16. The molecule has 0 aliphatic carbocycles. The molecule has 6 heteroatoms. The van der Waals surface area contributed by atoms with Crippen molar-refractivity contribution in [2.24, 2.45) is 0 Å². The Morgan fingerprint density at radius 1 is 1.19 bits per heavy atom. The van der Waals surface area contributed by atoms with Crippen molar-refractivity contribution in [1.29, 1.82) is 0 Å². The number of rotatable bonds is 7. The molecule has 0 amide bonds. The van der Waals surface area contributed by atoms with Gasteiger partial charge in [-0.05, 0) is 24.3 Å². The van der Waals surface area contributed by atoms with Crippen molar-refractivity contribution in [3.63, 3.8) is 0 Å². The molecule has 0 saturated carbocycles. The lowest BCUT2D eigenvalue weighted by molar-refractivity contribution is -0.385. The van der Waals surface area contributed by atoms with Crippen LogP contribution in [0.2, 0.25) is 0 Å². The van der Waals surface area contributed by atoms with E-state index >= 15 is 0 Å². The Labute approximate surface area is 127 Å². The van der Waals surface area contributed by atoms with E-state index in [1.165, 1.54) is 13.2 Å². The van der Waals surface area contributed by atoms with Gasteiger partial charge in [0.1, 0.15) is 5.75 Å².